The molecule has 2 heterocycles. The zero-order valence-electron chi connectivity index (χ0n) is 10.7. The number of carbonyl (C=O) groups excluding carboxylic acids is 2. The fourth-order valence-electron chi connectivity index (χ4n) is 2.16. The van der Waals surface area contributed by atoms with Gasteiger partial charge in [0, 0.05) is 24.9 Å². The Kier molecular flexibility index (Phi) is 2.90. The zero-order chi connectivity index (χ0) is 14.1. The average molecular weight is 269 g/mol. The van der Waals surface area contributed by atoms with Crippen LogP contribution >= 0.6 is 0 Å². The van der Waals surface area contributed by atoms with Gasteiger partial charge in [-0.3, -0.25) is 14.5 Å². The fraction of sp³-hybridized carbons (Fsp3) is 0.143. The molecule has 0 aliphatic carbocycles. The number of ketones is 1. The quantitative estimate of drug-likeness (QED) is 0.773. The van der Waals surface area contributed by atoms with Gasteiger partial charge in [-0.2, -0.15) is 0 Å². The molecule has 1 aromatic carbocycles. The normalized spacial score (nSPS) is 16.9. The molecule has 0 N–H and O–H groups in total. The minimum atomic E-state index is -1.05. The number of aromatic nitrogens is 2. The van der Waals surface area contributed by atoms with Crippen LogP contribution in [0.1, 0.15) is 17.3 Å². The Morgan fingerprint density at radius 3 is 2.60 bits per heavy atom. The molecule has 0 unspecified atom stereocenters. The van der Waals surface area contributed by atoms with E-state index in [1.807, 2.05) is 0 Å². The maximum absolute atomic E-state index is 12.3. The Morgan fingerprint density at radius 1 is 1.20 bits per heavy atom. The van der Waals surface area contributed by atoms with Gasteiger partial charge in [0.1, 0.15) is 0 Å². The first-order valence-electron chi connectivity index (χ1n) is 6.05. The van der Waals surface area contributed by atoms with Crippen molar-refractivity contribution in [3.63, 3.8) is 0 Å². The molecular weight excluding hydrogens is 258 g/mol. The highest BCUT2D eigenvalue weighted by molar-refractivity contribution is 6.12. The number of anilines is 2. The molecule has 0 amide bonds. The van der Waals surface area contributed by atoms with Crippen LogP contribution in [0.25, 0.3) is 0 Å². The molecule has 1 aliphatic rings. The van der Waals surface area contributed by atoms with Crippen molar-refractivity contribution in [3.8, 4) is 0 Å². The van der Waals surface area contributed by atoms with Crippen LogP contribution in [-0.4, -0.2) is 27.9 Å². The van der Waals surface area contributed by atoms with Gasteiger partial charge in [0.25, 0.3) is 0 Å². The molecule has 6 nitrogen and oxygen atoms in total. The summed E-state index contributed by atoms with van der Waals surface area (Å²) >= 11 is 0. The van der Waals surface area contributed by atoms with Crippen LogP contribution in [0.4, 0.5) is 11.6 Å². The first kappa shape index (κ1) is 12.3. The van der Waals surface area contributed by atoms with Gasteiger partial charge in [-0.25, -0.2) is 9.97 Å². The number of nitrogens with zero attached hydrogens (tertiary/aromatic N) is 3. The number of fused-ring (bicyclic) bond motifs is 1. The van der Waals surface area contributed by atoms with E-state index < -0.39 is 12.2 Å². The van der Waals surface area contributed by atoms with Gasteiger partial charge < -0.3 is 4.74 Å². The summed E-state index contributed by atoms with van der Waals surface area (Å²) in [5.74, 6) is -0.489. The summed E-state index contributed by atoms with van der Waals surface area (Å²) in [4.78, 5) is 33.3. The minimum absolute atomic E-state index is 0.275. The molecular formula is C14H11N3O3. The Bertz CT molecular complexity index is 672. The monoisotopic (exact) mass is 269 g/mol. The van der Waals surface area contributed by atoms with E-state index in [-0.39, 0.29) is 5.78 Å². The van der Waals surface area contributed by atoms with Crippen LogP contribution in [-0.2, 0) is 9.53 Å². The molecule has 1 atom stereocenters. The second-order valence-electron chi connectivity index (χ2n) is 4.26. The van der Waals surface area contributed by atoms with E-state index in [4.69, 9.17) is 4.74 Å². The van der Waals surface area contributed by atoms with Crippen molar-refractivity contribution in [2.24, 2.45) is 0 Å². The summed E-state index contributed by atoms with van der Waals surface area (Å²) in [6.45, 7) is 1.26. The second-order valence-corrected chi connectivity index (χ2v) is 4.26. The fourth-order valence-corrected chi connectivity index (χ4v) is 2.16. The number of para-hydroxylation sites is 1. The van der Waals surface area contributed by atoms with Gasteiger partial charge in [0.15, 0.2) is 0 Å². The van der Waals surface area contributed by atoms with Gasteiger partial charge in [-0.15, -0.1) is 0 Å². The largest absolute Gasteiger partial charge is 0.433 e. The predicted octanol–water partition coefficient (Wildman–Crippen LogP) is 1.70. The Balaban J connectivity index is 2.12. The maximum Gasteiger partial charge on any atom is 0.304 e. The summed E-state index contributed by atoms with van der Waals surface area (Å²) in [5.41, 5.74) is 1.13. The average Bonchev–Trinajstić information content (AvgIpc) is 2.73. The van der Waals surface area contributed by atoms with Gasteiger partial charge in [0.2, 0.25) is 18.0 Å². The summed E-state index contributed by atoms with van der Waals surface area (Å²) in [5, 5.41) is 0. The molecule has 100 valence electrons. The number of esters is 1. The van der Waals surface area contributed by atoms with Crippen molar-refractivity contribution in [2.75, 3.05) is 4.90 Å². The van der Waals surface area contributed by atoms with Gasteiger partial charge in [0.05, 0.1) is 5.69 Å². The van der Waals surface area contributed by atoms with Crippen molar-refractivity contribution in [1.82, 2.24) is 9.97 Å². The van der Waals surface area contributed by atoms with E-state index in [0.717, 1.165) is 0 Å². The standard InChI is InChI=1S/C14H11N3O3/c1-9(18)20-13-12(19)10-5-2-3-6-11(10)17(13)14-15-7-4-8-16-14/h2-8,13H,1H3/t13-/m0/s1. The zero-order valence-corrected chi connectivity index (χ0v) is 10.7. The smallest absolute Gasteiger partial charge is 0.304 e. The van der Waals surface area contributed by atoms with Crippen LogP contribution in [0.5, 0.6) is 0 Å². The third kappa shape index (κ3) is 1.91. The minimum Gasteiger partial charge on any atom is -0.433 e. The number of hydrogen-bond donors (Lipinski definition) is 0. The van der Waals surface area contributed by atoms with Crippen LogP contribution < -0.4 is 4.90 Å². The highest BCUT2D eigenvalue weighted by atomic mass is 16.6. The van der Waals surface area contributed by atoms with E-state index in [9.17, 15) is 9.59 Å². The SMILES string of the molecule is CC(=O)O[C@H]1C(=O)c2ccccc2N1c1ncccn1. The third-order valence-corrected chi connectivity index (χ3v) is 2.93. The molecule has 2 aromatic rings. The summed E-state index contributed by atoms with van der Waals surface area (Å²) < 4.78 is 5.13. The Hall–Kier alpha value is -2.76. The predicted molar refractivity (Wildman–Crippen MR) is 70.5 cm³/mol. The van der Waals surface area contributed by atoms with Crippen molar-refractivity contribution < 1.29 is 14.3 Å². The highest BCUT2D eigenvalue weighted by Gasteiger charge is 2.41. The molecule has 0 bridgehead atoms. The van der Waals surface area contributed by atoms with Gasteiger partial charge in [-0.05, 0) is 18.2 Å². The lowest BCUT2D eigenvalue weighted by Gasteiger charge is -2.23. The lowest BCUT2D eigenvalue weighted by atomic mass is 10.1. The summed E-state index contributed by atoms with van der Waals surface area (Å²) in [7, 11) is 0. The second kappa shape index (κ2) is 4.73. The Labute approximate surface area is 115 Å². The highest BCUT2D eigenvalue weighted by Crippen LogP contribution is 2.36. The topological polar surface area (TPSA) is 72.4 Å². The van der Waals surface area contributed by atoms with Gasteiger partial charge in [-0.1, -0.05) is 12.1 Å². The van der Waals surface area contributed by atoms with E-state index in [2.05, 4.69) is 9.97 Å². The molecule has 0 saturated heterocycles. The molecule has 0 fully saturated rings. The maximum atomic E-state index is 12.3. The number of rotatable bonds is 2. The van der Waals surface area contributed by atoms with Crippen molar-refractivity contribution in [2.45, 2.75) is 13.2 Å². The lowest BCUT2D eigenvalue weighted by molar-refractivity contribution is -0.143. The number of Topliss-reactive ketones (excluding diaryl/α,β-unsaturated/α-hetero) is 1. The summed E-state index contributed by atoms with van der Waals surface area (Å²) in [6, 6.07) is 8.70. The molecule has 20 heavy (non-hydrogen) atoms. The van der Waals surface area contributed by atoms with Crippen molar-refractivity contribution >= 4 is 23.4 Å². The molecule has 3 rings (SSSR count). The van der Waals surface area contributed by atoms with Crippen molar-refractivity contribution in [1.29, 1.82) is 0 Å². The molecule has 1 aromatic heterocycles. The van der Waals surface area contributed by atoms with E-state index >= 15 is 0 Å². The van der Waals surface area contributed by atoms with Crippen LogP contribution in [0.3, 0.4) is 0 Å². The van der Waals surface area contributed by atoms with Crippen LogP contribution in [0.15, 0.2) is 42.7 Å². The first-order chi connectivity index (χ1) is 9.68. The Morgan fingerprint density at radius 2 is 1.90 bits per heavy atom. The van der Waals surface area contributed by atoms with Crippen LogP contribution in [0.2, 0.25) is 0 Å². The lowest BCUT2D eigenvalue weighted by Crippen LogP contribution is -2.36. The number of benzene rings is 1. The van der Waals surface area contributed by atoms with E-state index in [1.165, 1.54) is 11.8 Å². The van der Waals surface area contributed by atoms with Crippen LogP contribution in [0, 0.1) is 0 Å². The molecule has 6 heteroatoms. The molecule has 0 saturated carbocycles. The van der Waals surface area contributed by atoms with E-state index in [1.54, 1.807) is 42.7 Å². The van der Waals surface area contributed by atoms with E-state index in [0.29, 0.717) is 17.2 Å². The summed E-state index contributed by atoms with van der Waals surface area (Å²) in [6.07, 6.45) is 2.09. The molecule has 1 aliphatic heterocycles. The molecule has 0 spiro atoms. The third-order valence-electron chi connectivity index (χ3n) is 2.93. The number of carbonyl (C=O) groups is 2. The number of hydrogen-bond acceptors (Lipinski definition) is 6. The molecule has 0 radical (unpaired) electrons. The van der Waals surface area contributed by atoms with Crippen molar-refractivity contribution in [3.05, 3.63) is 48.3 Å². The number of ether oxygens (including phenoxy) is 1. The first-order valence-corrected chi connectivity index (χ1v) is 6.05. The van der Waals surface area contributed by atoms with Gasteiger partial charge >= 0.3 is 5.97 Å².